The zero-order chi connectivity index (χ0) is 16.7. The first kappa shape index (κ1) is 15.4. The molecule has 2 aromatic carbocycles. The average Bonchev–Trinajstić information content (AvgIpc) is 2.97. The van der Waals surface area contributed by atoms with E-state index < -0.39 is 0 Å². The molecule has 0 fully saturated rings. The lowest BCUT2D eigenvalue weighted by Crippen LogP contribution is -2.23. The molecule has 24 heavy (non-hydrogen) atoms. The van der Waals surface area contributed by atoms with Crippen LogP contribution in [0.5, 0.6) is 0 Å². The van der Waals surface area contributed by atoms with E-state index in [0.29, 0.717) is 0 Å². The van der Waals surface area contributed by atoms with Gasteiger partial charge in [-0.25, -0.2) is 0 Å². The van der Waals surface area contributed by atoms with E-state index in [1.165, 1.54) is 15.5 Å². The first-order chi connectivity index (χ1) is 11.7. The Morgan fingerprint density at radius 2 is 1.71 bits per heavy atom. The molecule has 2 heterocycles. The summed E-state index contributed by atoms with van der Waals surface area (Å²) in [6.45, 7) is 1.73. The summed E-state index contributed by atoms with van der Waals surface area (Å²) in [5.74, 6) is 0. The number of pyridine rings is 1. The SMILES string of the molecule is CN(C)CCCn1c(=O)c2sc3ccccc3c2c2ccccc21. The first-order valence-corrected chi connectivity index (χ1v) is 9.06. The number of rotatable bonds is 4. The molecule has 0 N–H and O–H groups in total. The number of thiophene rings is 1. The molecule has 0 aliphatic heterocycles. The van der Waals surface area contributed by atoms with Crippen molar-refractivity contribution in [3.8, 4) is 0 Å². The lowest BCUT2D eigenvalue weighted by Gasteiger charge is -2.13. The van der Waals surface area contributed by atoms with Crippen molar-refractivity contribution in [1.29, 1.82) is 0 Å². The van der Waals surface area contributed by atoms with Crippen LogP contribution in [-0.4, -0.2) is 30.1 Å². The second-order valence-electron chi connectivity index (χ2n) is 6.43. The summed E-state index contributed by atoms with van der Waals surface area (Å²) in [6.07, 6.45) is 0.966. The van der Waals surface area contributed by atoms with Crippen LogP contribution >= 0.6 is 11.3 Å². The molecule has 0 radical (unpaired) electrons. The Morgan fingerprint density at radius 3 is 2.50 bits per heavy atom. The summed E-state index contributed by atoms with van der Waals surface area (Å²) in [5.41, 5.74) is 1.18. The van der Waals surface area contributed by atoms with E-state index in [1.54, 1.807) is 11.3 Å². The monoisotopic (exact) mass is 336 g/mol. The minimum Gasteiger partial charge on any atom is -0.309 e. The Hall–Kier alpha value is -2.17. The van der Waals surface area contributed by atoms with Crippen molar-refractivity contribution in [3.63, 3.8) is 0 Å². The number of para-hydroxylation sites is 1. The van der Waals surface area contributed by atoms with Crippen LogP contribution < -0.4 is 5.56 Å². The normalized spacial score (nSPS) is 12.0. The largest absolute Gasteiger partial charge is 0.309 e. The van der Waals surface area contributed by atoms with Crippen LogP contribution in [0, 0.1) is 0 Å². The number of aryl methyl sites for hydroxylation is 1. The number of fused-ring (bicyclic) bond motifs is 5. The van der Waals surface area contributed by atoms with Gasteiger partial charge in [-0.1, -0.05) is 36.4 Å². The van der Waals surface area contributed by atoms with E-state index in [0.717, 1.165) is 35.1 Å². The molecule has 0 saturated carbocycles. The maximum Gasteiger partial charge on any atom is 0.269 e. The maximum absolute atomic E-state index is 13.1. The van der Waals surface area contributed by atoms with Crippen LogP contribution in [0.4, 0.5) is 0 Å². The topological polar surface area (TPSA) is 25.2 Å². The molecule has 0 amide bonds. The molecule has 0 atom stereocenters. The summed E-state index contributed by atoms with van der Waals surface area (Å²) < 4.78 is 4.01. The number of aromatic nitrogens is 1. The standard InChI is InChI=1S/C20H20N2OS/c1-21(2)12-7-13-22-16-10-5-3-8-14(16)18-15-9-4-6-11-17(15)24-19(18)20(22)23/h3-6,8-11H,7,12-13H2,1-2H3. The number of hydrogen-bond donors (Lipinski definition) is 0. The molecule has 0 saturated heterocycles. The number of nitrogens with zero attached hydrogens (tertiary/aromatic N) is 2. The quantitative estimate of drug-likeness (QED) is 0.554. The van der Waals surface area contributed by atoms with E-state index >= 15 is 0 Å². The fourth-order valence-corrected chi connectivity index (χ4v) is 4.55. The van der Waals surface area contributed by atoms with Gasteiger partial charge in [-0.2, -0.15) is 0 Å². The van der Waals surface area contributed by atoms with Gasteiger partial charge in [0.15, 0.2) is 0 Å². The second kappa shape index (κ2) is 6.04. The van der Waals surface area contributed by atoms with Gasteiger partial charge in [0.05, 0.1) is 5.52 Å². The third-order valence-electron chi connectivity index (χ3n) is 4.49. The molecular formula is C20H20N2OS. The summed E-state index contributed by atoms with van der Waals surface area (Å²) >= 11 is 1.61. The van der Waals surface area contributed by atoms with Crippen molar-refractivity contribution in [2.75, 3.05) is 20.6 Å². The van der Waals surface area contributed by atoms with Crippen LogP contribution in [0.3, 0.4) is 0 Å². The van der Waals surface area contributed by atoms with Crippen molar-refractivity contribution >= 4 is 42.4 Å². The molecule has 2 aromatic heterocycles. The number of benzene rings is 2. The minimum absolute atomic E-state index is 0.142. The summed E-state index contributed by atoms with van der Waals surface area (Å²) in [4.78, 5) is 15.3. The Bertz CT molecular complexity index is 1090. The summed E-state index contributed by atoms with van der Waals surface area (Å²) in [7, 11) is 4.13. The fraction of sp³-hybridized carbons (Fsp3) is 0.250. The summed E-state index contributed by atoms with van der Waals surface area (Å²) in [6, 6.07) is 16.6. The van der Waals surface area contributed by atoms with Crippen molar-refractivity contribution in [2.24, 2.45) is 0 Å². The van der Waals surface area contributed by atoms with Gasteiger partial charge >= 0.3 is 0 Å². The average molecular weight is 336 g/mol. The van der Waals surface area contributed by atoms with Crippen LogP contribution in [0.25, 0.3) is 31.1 Å². The van der Waals surface area contributed by atoms with Gasteiger partial charge in [-0.15, -0.1) is 11.3 Å². The molecule has 0 bridgehead atoms. The molecule has 3 nitrogen and oxygen atoms in total. The van der Waals surface area contributed by atoms with Crippen molar-refractivity contribution in [1.82, 2.24) is 9.47 Å². The van der Waals surface area contributed by atoms with E-state index in [2.05, 4.69) is 49.3 Å². The molecule has 4 heteroatoms. The van der Waals surface area contributed by atoms with Crippen LogP contribution in [0.1, 0.15) is 6.42 Å². The van der Waals surface area contributed by atoms with Gasteiger partial charge in [-0.05, 0) is 39.2 Å². The van der Waals surface area contributed by atoms with Gasteiger partial charge in [-0.3, -0.25) is 4.79 Å². The smallest absolute Gasteiger partial charge is 0.269 e. The van der Waals surface area contributed by atoms with E-state index in [4.69, 9.17) is 0 Å². The molecule has 122 valence electrons. The highest BCUT2D eigenvalue weighted by molar-refractivity contribution is 7.26. The fourth-order valence-electron chi connectivity index (χ4n) is 3.38. The van der Waals surface area contributed by atoms with Gasteiger partial charge in [0.1, 0.15) is 4.70 Å². The molecule has 4 aromatic rings. The van der Waals surface area contributed by atoms with E-state index in [9.17, 15) is 4.79 Å². The zero-order valence-corrected chi connectivity index (χ0v) is 14.8. The Morgan fingerprint density at radius 1 is 1.00 bits per heavy atom. The highest BCUT2D eigenvalue weighted by Crippen LogP contribution is 2.36. The van der Waals surface area contributed by atoms with Gasteiger partial charge in [0.2, 0.25) is 0 Å². The molecule has 4 rings (SSSR count). The maximum atomic E-state index is 13.1. The number of hydrogen-bond acceptors (Lipinski definition) is 3. The van der Waals surface area contributed by atoms with Gasteiger partial charge in [0.25, 0.3) is 5.56 Å². The predicted molar refractivity (Wildman–Crippen MR) is 104 cm³/mol. The Labute approximate surface area is 144 Å². The second-order valence-corrected chi connectivity index (χ2v) is 7.49. The van der Waals surface area contributed by atoms with E-state index in [1.807, 2.05) is 22.8 Å². The molecule has 0 spiro atoms. The van der Waals surface area contributed by atoms with E-state index in [-0.39, 0.29) is 5.56 Å². The Kier molecular flexibility index (Phi) is 3.87. The third-order valence-corrected chi connectivity index (χ3v) is 5.64. The van der Waals surface area contributed by atoms with Crippen molar-refractivity contribution in [3.05, 3.63) is 58.9 Å². The molecule has 0 aliphatic rings. The lowest BCUT2D eigenvalue weighted by molar-refractivity contribution is 0.387. The van der Waals surface area contributed by atoms with Gasteiger partial charge < -0.3 is 9.47 Å². The predicted octanol–water partition coefficient (Wildman–Crippen LogP) is 4.32. The molecular weight excluding hydrogens is 316 g/mol. The lowest BCUT2D eigenvalue weighted by atomic mass is 10.1. The Balaban J connectivity index is 2.03. The molecule has 0 aliphatic carbocycles. The highest BCUT2D eigenvalue weighted by atomic mass is 32.1. The van der Waals surface area contributed by atoms with Crippen molar-refractivity contribution < 1.29 is 0 Å². The van der Waals surface area contributed by atoms with Crippen LogP contribution in [0.15, 0.2) is 53.3 Å². The van der Waals surface area contributed by atoms with Crippen LogP contribution in [0.2, 0.25) is 0 Å². The van der Waals surface area contributed by atoms with Crippen LogP contribution in [-0.2, 0) is 6.54 Å². The van der Waals surface area contributed by atoms with Crippen molar-refractivity contribution in [2.45, 2.75) is 13.0 Å². The summed E-state index contributed by atoms with van der Waals surface area (Å²) in [5, 5.41) is 3.47. The highest BCUT2D eigenvalue weighted by Gasteiger charge is 2.15. The molecule has 0 unspecified atom stereocenters. The third kappa shape index (κ3) is 2.43. The minimum atomic E-state index is 0.142. The zero-order valence-electron chi connectivity index (χ0n) is 14.0. The van der Waals surface area contributed by atoms with Gasteiger partial charge in [0, 0.05) is 27.4 Å². The first-order valence-electron chi connectivity index (χ1n) is 8.24.